The molecule has 1 fully saturated rings. The Morgan fingerprint density at radius 2 is 1.87 bits per heavy atom. The number of urea groups is 1. The van der Waals surface area contributed by atoms with Gasteiger partial charge in [0.1, 0.15) is 0 Å². The quantitative estimate of drug-likeness (QED) is 0.877. The van der Waals surface area contributed by atoms with Crippen molar-refractivity contribution in [1.29, 1.82) is 0 Å². The van der Waals surface area contributed by atoms with Crippen molar-refractivity contribution >= 4 is 11.9 Å². The van der Waals surface area contributed by atoms with Gasteiger partial charge in [-0.2, -0.15) is 0 Å². The fourth-order valence-electron chi connectivity index (χ4n) is 2.83. The number of nitrogens with one attached hydrogen (secondary N) is 2. The summed E-state index contributed by atoms with van der Waals surface area (Å²) in [5.74, 6) is 0.189. The maximum Gasteiger partial charge on any atom is 0.315 e. The number of nitrogens with zero attached hydrogens (tertiary/aromatic N) is 1. The fourth-order valence-corrected chi connectivity index (χ4v) is 2.83. The highest BCUT2D eigenvalue weighted by atomic mass is 16.2. The van der Waals surface area contributed by atoms with Crippen molar-refractivity contribution in [2.24, 2.45) is 0 Å². The van der Waals surface area contributed by atoms with Crippen molar-refractivity contribution in [1.82, 2.24) is 15.5 Å². The third-order valence-electron chi connectivity index (χ3n) is 4.00. The van der Waals surface area contributed by atoms with Crippen molar-refractivity contribution in [3.63, 3.8) is 0 Å². The van der Waals surface area contributed by atoms with Crippen LogP contribution in [-0.2, 0) is 4.79 Å². The van der Waals surface area contributed by atoms with Crippen LogP contribution in [0.4, 0.5) is 4.79 Å². The lowest BCUT2D eigenvalue weighted by atomic mass is 10.1. The van der Waals surface area contributed by atoms with Gasteiger partial charge in [0.25, 0.3) is 0 Å². The van der Waals surface area contributed by atoms with Crippen LogP contribution in [0, 0.1) is 0 Å². The Hall–Kier alpha value is -2.04. The zero-order valence-electron chi connectivity index (χ0n) is 14.0. The number of rotatable bonds is 5. The van der Waals surface area contributed by atoms with E-state index in [1.807, 2.05) is 49.1 Å². The first-order chi connectivity index (χ1) is 11.1. The summed E-state index contributed by atoms with van der Waals surface area (Å²) < 4.78 is 0. The highest BCUT2D eigenvalue weighted by Gasteiger charge is 2.23. The molecule has 1 heterocycles. The molecule has 1 saturated heterocycles. The van der Waals surface area contributed by atoms with Crippen LogP contribution in [0.1, 0.15) is 51.1 Å². The molecule has 0 saturated carbocycles. The standard InChI is InChI=1S/C18H27N3O2/c1-14(2)19-18(23)20-16(15-9-5-3-6-10-15)13-21-12-8-4-7-11-17(21)22/h3,5-6,9-10,14,16H,4,7-8,11-13H2,1-2H3,(H2,19,20,23). The van der Waals surface area contributed by atoms with Crippen LogP contribution in [0.3, 0.4) is 0 Å². The highest BCUT2D eigenvalue weighted by Crippen LogP contribution is 2.18. The second kappa shape index (κ2) is 8.56. The Labute approximate surface area is 138 Å². The molecule has 1 aliphatic rings. The van der Waals surface area contributed by atoms with E-state index in [-0.39, 0.29) is 24.0 Å². The molecule has 3 amide bonds. The molecular weight excluding hydrogens is 290 g/mol. The maximum absolute atomic E-state index is 12.2. The molecule has 126 valence electrons. The van der Waals surface area contributed by atoms with Gasteiger partial charge in [0.05, 0.1) is 6.04 Å². The third-order valence-corrected chi connectivity index (χ3v) is 4.00. The van der Waals surface area contributed by atoms with E-state index < -0.39 is 0 Å². The first-order valence-corrected chi connectivity index (χ1v) is 8.46. The number of amides is 3. The minimum Gasteiger partial charge on any atom is -0.340 e. The van der Waals surface area contributed by atoms with Crippen LogP contribution in [0.25, 0.3) is 0 Å². The fraction of sp³-hybridized carbons (Fsp3) is 0.556. The first kappa shape index (κ1) is 17.3. The second-order valence-corrected chi connectivity index (χ2v) is 6.39. The molecule has 0 bridgehead atoms. The molecule has 0 radical (unpaired) electrons. The Morgan fingerprint density at radius 3 is 2.57 bits per heavy atom. The monoisotopic (exact) mass is 317 g/mol. The van der Waals surface area contributed by atoms with E-state index in [0.29, 0.717) is 13.0 Å². The van der Waals surface area contributed by atoms with E-state index >= 15 is 0 Å². The van der Waals surface area contributed by atoms with Crippen LogP contribution in [-0.4, -0.2) is 36.0 Å². The molecule has 23 heavy (non-hydrogen) atoms. The smallest absolute Gasteiger partial charge is 0.315 e. The van der Waals surface area contributed by atoms with E-state index in [2.05, 4.69) is 10.6 Å². The van der Waals surface area contributed by atoms with E-state index in [4.69, 9.17) is 0 Å². The summed E-state index contributed by atoms with van der Waals surface area (Å²) in [5, 5.41) is 5.86. The zero-order chi connectivity index (χ0) is 16.7. The first-order valence-electron chi connectivity index (χ1n) is 8.46. The molecule has 1 aromatic carbocycles. The molecule has 0 aromatic heterocycles. The molecule has 2 N–H and O–H groups in total. The summed E-state index contributed by atoms with van der Waals surface area (Å²) in [5.41, 5.74) is 1.02. The Morgan fingerprint density at radius 1 is 1.13 bits per heavy atom. The van der Waals surface area contributed by atoms with E-state index in [1.165, 1.54) is 0 Å². The van der Waals surface area contributed by atoms with Crippen molar-refractivity contribution in [3.8, 4) is 0 Å². The van der Waals surface area contributed by atoms with E-state index in [9.17, 15) is 9.59 Å². The summed E-state index contributed by atoms with van der Waals surface area (Å²) in [6.07, 6.45) is 3.71. The maximum atomic E-state index is 12.2. The SMILES string of the molecule is CC(C)NC(=O)NC(CN1CCCCCC1=O)c1ccccc1. The average Bonchev–Trinajstić information content (AvgIpc) is 2.71. The normalized spacial score (nSPS) is 16.8. The van der Waals surface area contributed by atoms with Crippen LogP contribution < -0.4 is 10.6 Å². The van der Waals surface area contributed by atoms with Crippen LogP contribution in [0.5, 0.6) is 0 Å². The number of carbonyl (C=O) groups is 2. The highest BCUT2D eigenvalue weighted by molar-refractivity contribution is 5.77. The molecule has 0 spiro atoms. The number of hydrogen-bond acceptors (Lipinski definition) is 2. The summed E-state index contributed by atoms with van der Waals surface area (Å²) in [6, 6.07) is 9.51. The Kier molecular flexibility index (Phi) is 6.44. The Balaban J connectivity index is 2.09. The molecule has 5 nitrogen and oxygen atoms in total. The van der Waals surface area contributed by atoms with E-state index in [0.717, 1.165) is 31.4 Å². The van der Waals surface area contributed by atoms with Crippen molar-refractivity contribution in [2.45, 2.75) is 51.6 Å². The van der Waals surface area contributed by atoms with Gasteiger partial charge in [-0.15, -0.1) is 0 Å². The minimum absolute atomic E-state index is 0.0752. The molecule has 1 aromatic rings. The largest absolute Gasteiger partial charge is 0.340 e. The number of likely N-dealkylation sites (tertiary alicyclic amines) is 1. The topological polar surface area (TPSA) is 61.4 Å². The lowest BCUT2D eigenvalue weighted by molar-refractivity contribution is -0.131. The summed E-state index contributed by atoms with van der Waals surface area (Å²) >= 11 is 0. The van der Waals surface area contributed by atoms with Crippen molar-refractivity contribution in [2.75, 3.05) is 13.1 Å². The second-order valence-electron chi connectivity index (χ2n) is 6.39. The van der Waals surface area contributed by atoms with E-state index in [1.54, 1.807) is 0 Å². The predicted octanol–water partition coefficient (Wildman–Crippen LogP) is 2.84. The average molecular weight is 317 g/mol. The lowest BCUT2D eigenvalue weighted by Crippen LogP contribution is -2.45. The number of hydrogen-bond donors (Lipinski definition) is 2. The minimum atomic E-state index is -0.198. The number of carbonyl (C=O) groups excluding carboxylic acids is 2. The summed E-state index contributed by atoms with van der Waals surface area (Å²) in [6.45, 7) is 5.15. The molecular formula is C18H27N3O2. The van der Waals surface area contributed by atoms with Crippen LogP contribution in [0.2, 0.25) is 0 Å². The van der Waals surface area contributed by atoms with Gasteiger partial charge in [0, 0.05) is 25.6 Å². The van der Waals surface area contributed by atoms with Gasteiger partial charge in [-0.25, -0.2) is 4.79 Å². The van der Waals surface area contributed by atoms with Crippen molar-refractivity contribution < 1.29 is 9.59 Å². The predicted molar refractivity (Wildman–Crippen MR) is 91.0 cm³/mol. The summed E-state index contributed by atoms with van der Waals surface area (Å²) in [4.78, 5) is 26.2. The van der Waals surface area contributed by atoms with Gasteiger partial charge in [0.2, 0.25) is 5.91 Å². The van der Waals surface area contributed by atoms with Crippen LogP contribution >= 0.6 is 0 Å². The molecule has 1 atom stereocenters. The van der Waals surface area contributed by atoms with Crippen LogP contribution in [0.15, 0.2) is 30.3 Å². The molecule has 2 rings (SSSR count). The van der Waals surface area contributed by atoms with Gasteiger partial charge in [-0.1, -0.05) is 36.8 Å². The van der Waals surface area contributed by atoms with Gasteiger partial charge in [-0.3, -0.25) is 4.79 Å². The molecule has 5 heteroatoms. The molecule has 0 aliphatic carbocycles. The lowest BCUT2D eigenvalue weighted by Gasteiger charge is -2.28. The molecule has 1 aliphatic heterocycles. The van der Waals surface area contributed by atoms with Gasteiger partial charge < -0.3 is 15.5 Å². The number of benzene rings is 1. The van der Waals surface area contributed by atoms with Gasteiger partial charge in [0.15, 0.2) is 0 Å². The Bertz CT molecular complexity index is 516. The van der Waals surface area contributed by atoms with Gasteiger partial charge in [-0.05, 0) is 32.3 Å². The van der Waals surface area contributed by atoms with Crippen molar-refractivity contribution in [3.05, 3.63) is 35.9 Å². The zero-order valence-corrected chi connectivity index (χ0v) is 14.0. The summed E-state index contributed by atoms with van der Waals surface area (Å²) in [7, 11) is 0. The molecule has 1 unspecified atom stereocenters. The third kappa shape index (κ3) is 5.58. The van der Waals surface area contributed by atoms with Gasteiger partial charge >= 0.3 is 6.03 Å².